The van der Waals surface area contributed by atoms with E-state index in [1.165, 1.54) is 0 Å². The van der Waals surface area contributed by atoms with Crippen LogP contribution in [-0.2, 0) is 9.53 Å². The van der Waals surface area contributed by atoms with Crippen LogP contribution in [0.3, 0.4) is 0 Å². The van der Waals surface area contributed by atoms with Gasteiger partial charge in [0, 0.05) is 24.9 Å². The second-order valence-electron chi connectivity index (χ2n) is 2.34. The molecule has 0 aromatic heterocycles. The Morgan fingerprint density at radius 2 is 2.45 bits per heavy atom. The van der Waals surface area contributed by atoms with Crippen molar-refractivity contribution in [3.63, 3.8) is 0 Å². The molecule has 60 valence electrons. The Bertz CT molecular complexity index is 198. The molecule has 1 saturated heterocycles. The van der Waals surface area contributed by atoms with Crippen molar-refractivity contribution in [3.05, 3.63) is 0 Å². The van der Waals surface area contributed by atoms with Crippen LogP contribution >= 0.6 is 0 Å². The van der Waals surface area contributed by atoms with Gasteiger partial charge in [-0.1, -0.05) is 5.92 Å². The van der Waals surface area contributed by atoms with E-state index in [0.717, 1.165) is 13.1 Å². The molecule has 1 heterocycles. The van der Waals surface area contributed by atoms with Crippen molar-refractivity contribution < 1.29 is 9.53 Å². The molecule has 1 aliphatic heterocycles. The van der Waals surface area contributed by atoms with Crippen LogP contribution < -0.4 is 5.32 Å². The summed E-state index contributed by atoms with van der Waals surface area (Å²) >= 11 is 0. The summed E-state index contributed by atoms with van der Waals surface area (Å²) in [6.45, 7) is 3.96. The fraction of sp³-hybridized carbons (Fsp3) is 0.625. The highest BCUT2D eigenvalue weighted by molar-refractivity contribution is 5.88. The second kappa shape index (κ2) is 3.99. The molecular formula is C8H11NO2. The minimum Gasteiger partial charge on any atom is -0.456 e. The molecule has 0 aromatic rings. The maximum atomic E-state index is 10.7. The molecule has 3 nitrogen and oxygen atoms in total. The Kier molecular flexibility index (Phi) is 2.94. The van der Waals surface area contributed by atoms with Crippen molar-refractivity contribution in [2.75, 3.05) is 19.7 Å². The number of hydrogen-bond donors (Lipinski definition) is 1. The molecule has 1 N–H and O–H groups in total. The molecule has 0 radical (unpaired) electrons. The first kappa shape index (κ1) is 8.09. The van der Waals surface area contributed by atoms with E-state index in [1.54, 1.807) is 6.92 Å². The number of carbonyl (C=O) groups excluding carboxylic acids is 1. The quantitative estimate of drug-likeness (QED) is 0.321. The summed E-state index contributed by atoms with van der Waals surface area (Å²) in [7, 11) is 0. The molecule has 1 fully saturated rings. The predicted octanol–water partition coefficient (Wildman–Crippen LogP) is -0.228. The Hall–Kier alpha value is -1.01. The van der Waals surface area contributed by atoms with Gasteiger partial charge in [0.25, 0.3) is 0 Å². The first-order valence-electron chi connectivity index (χ1n) is 3.72. The van der Waals surface area contributed by atoms with Crippen molar-refractivity contribution in [1.29, 1.82) is 0 Å². The van der Waals surface area contributed by atoms with Crippen LogP contribution in [-0.4, -0.2) is 25.7 Å². The van der Waals surface area contributed by atoms with Gasteiger partial charge in [-0.15, -0.1) is 0 Å². The number of nitrogens with one attached hydrogen (secondary N) is 1. The summed E-state index contributed by atoms with van der Waals surface area (Å²) in [5.41, 5.74) is 0. The second-order valence-corrected chi connectivity index (χ2v) is 2.34. The van der Waals surface area contributed by atoms with Crippen molar-refractivity contribution in [3.8, 4) is 11.8 Å². The number of ether oxygens (including phenoxy) is 1. The van der Waals surface area contributed by atoms with Crippen LogP contribution in [0.5, 0.6) is 0 Å². The van der Waals surface area contributed by atoms with Crippen molar-refractivity contribution in [1.82, 2.24) is 5.32 Å². The molecule has 0 spiro atoms. The lowest BCUT2D eigenvalue weighted by Gasteiger charge is -2.20. The van der Waals surface area contributed by atoms with Gasteiger partial charge >= 0.3 is 5.97 Å². The summed E-state index contributed by atoms with van der Waals surface area (Å²) < 4.78 is 4.63. The largest absolute Gasteiger partial charge is 0.456 e. The smallest absolute Gasteiger partial charge is 0.384 e. The zero-order chi connectivity index (χ0) is 8.10. The van der Waals surface area contributed by atoms with Crippen LogP contribution in [0.1, 0.15) is 6.92 Å². The minimum atomic E-state index is -0.417. The standard InChI is InChI=1S/C8H11NO2/c1-2-11-8(10)4-3-7-5-9-6-7/h7,9H,2,5-6H2,1H3. The molecule has 0 aromatic carbocycles. The third-order valence-electron chi connectivity index (χ3n) is 1.44. The van der Waals surface area contributed by atoms with Gasteiger partial charge in [0.2, 0.25) is 0 Å². The zero-order valence-electron chi connectivity index (χ0n) is 6.52. The average Bonchev–Trinajstić information content (AvgIpc) is 1.85. The van der Waals surface area contributed by atoms with E-state index < -0.39 is 5.97 Å². The lowest BCUT2D eigenvalue weighted by Crippen LogP contribution is -2.41. The molecule has 1 rings (SSSR count). The third-order valence-corrected chi connectivity index (χ3v) is 1.44. The van der Waals surface area contributed by atoms with E-state index >= 15 is 0 Å². The van der Waals surface area contributed by atoms with E-state index in [-0.39, 0.29) is 0 Å². The van der Waals surface area contributed by atoms with Crippen LogP contribution in [0.15, 0.2) is 0 Å². The fourth-order valence-electron chi connectivity index (χ4n) is 0.719. The third kappa shape index (κ3) is 2.60. The number of hydrogen-bond acceptors (Lipinski definition) is 3. The summed E-state index contributed by atoms with van der Waals surface area (Å²) in [5, 5.41) is 3.06. The monoisotopic (exact) mass is 153 g/mol. The lowest BCUT2D eigenvalue weighted by atomic mass is 10.1. The van der Waals surface area contributed by atoms with Gasteiger partial charge in [-0.2, -0.15) is 0 Å². The predicted molar refractivity (Wildman–Crippen MR) is 40.8 cm³/mol. The van der Waals surface area contributed by atoms with Crippen LogP contribution in [0.4, 0.5) is 0 Å². The molecule has 11 heavy (non-hydrogen) atoms. The normalized spacial score (nSPS) is 16.1. The van der Waals surface area contributed by atoms with Gasteiger partial charge in [-0.05, 0) is 6.92 Å². The number of esters is 1. The van der Waals surface area contributed by atoms with Crippen molar-refractivity contribution in [2.45, 2.75) is 6.92 Å². The molecule has 0 saturated carbocycles. The minimum absolute atomic E-state index is 0.347. The highest BCUT2D eigenvalue weighted by atomic mass is 16.5. The fourth-order valence-corrected chi connectivity index (χ4v) is 0.719. The molecule has 0 unspecified atom stereocenters. The topological polar surface area (TPSA) is 38.3 Å². The number of carbonyl (C=O) groups is 1. The van der Waals surface area contributed by atoms with E-state index in [2.05, 4.69) is 21.9 Å². The number of rotatable bonds is 1. The molecule has 0 amide bonds. The Labute approximate surface area is 66.1 Å². The van der Waals surface area contributed by atoms with E-state index in [4.69, 9.17) is 0 Å². The van der Waals surface area contributed by atoms with E-state index in [0.29, 0.717) is 12.5 Å². The maximum Gasteiger partial charge on any atom is 0.384 e. The molecule has 0 bridgehead atoms. The molecule has 0 atom stereocenters. The SMILES string of the molecule is CCOC(=O)C#CC1CNC1. The molecule has 1 aliphatic rings. The van der Waals surface area contributed by atoms with Crippen LogP contribution in [0.2, 0.25) is 0 Å². The molecular weight excluding hydrogens is 142 g/mol. The molecule has 0 aliphatic carbocycles. The maximum absolute atomic E-state index is 10.7. The summed E-state index contributed by atoms with van der Waals surface area (Å²) in [6.07, 6.45) is 0. The highest BCUT2D eigenvalue weighted by Crippen LogP contribution is 1.98. The van der Waals surface area contributed by atoms with Gasteiger partial charge in [0.05, 0.1) is 6.61 Å². The Morgan fingerprint density at radius 1 is 1.73 bits per heavy atom. The highest BCUT2D eigenvalue weighted by Gasteiger charge is 2.12. The van der Waals surface area contributed by atoms with E-state index in [1.807, 2.05) is 0 Å². The average molecular weight is 153 g/mol. The summed E-state index contributed by atoms with van der Waals surface area (Å²) in [4.78, 5) is 10.7. The first-order chi connectivity index (χ1) is 5.33. The Morgan fingerprint density at radius 3 is 2.91 bits per heavy atom. The lowest BCUT2D eigenvalue weighted by molar-refractivity contribution is -0.136. The first-order valence-corrected chi connectivity index (χ1v) is 3.72. The van der Waals surface area contributed by atoms with Crippen molar-refractivity contribution in [2.24, 2.45) is 5.92 Å². The van der Waals surface area contributed by atoms with Gasteiger partial charge < -0.3 is 10.1 Å². The van der Waals surface area contributed by atoms with Crippen LogP contribution in [0.25, 0.3) is 0 Å². The van der Waals surface area contributed by atoms with Gasteiger partial charge in [-0.25, -0.2) is 4.79 Å². The summed E-state index contributed by atoms with van der Waals surface area (Å²) in [5.74, 6) is 5.18. The van der Waals surface area contributed by atoms with E-state index in [9.17, 15) is 4.79 Å². The Balaban J connectivity index is 2.24. The zero-order valence-corrected chi connectivity index (χ0v) is 6.52. The molecule has 3 heteroatoms. The van der Waals surface area contributed by atoms with Gasteiger partial charge in [-0.3, -0.25) is 0 Å². The van der Waals surface area contributed by atoms with Crippen LogP contribution in [0, 0.1) is 17.8 Å². The van der Waals surface area contributed by atoms with Gasteiger partial charge in [0.1, 0.15) is 0 Å². The van der Waals surface area contributed by atoms with Crippen molar-refractivity contribution >= 4 is 5.97 Å². The van der Waals surface area contributed by atoms with Gasteiger partial charge in [0.15, 0.2) is 0 Å². The summed E-state index contributed by atoms with van der Waals surface area (Å²) in [6, 6.07) is 0.